The zero-order valence-electron chi connectivity index (χ0n) is 20.1. The minimum Gasteiger partial charge on any atom is -0.393 e. The zero-order valence-corrected chi connectivity index (χ0v) is 20.1. The SMILES string of the molecule is CCC(CC)(CCc1ccc(CO)c(CO)c1)c1ccc(CCC(O)C(C)C)c(C)c1. The van der Waals surface area contributed by atoms with Gasteiger partial charge in [-0.3, -0.25) is 0 Å². The van der Waals surface area contributed by atoms with E-state index in [1.54, 1.807) is 0 Å². The molecule has 1 unspecified atom stereocenters. The molecule has 0 aliphatic heterocycles. The number of benzene rings is 2. The van der Waals surface area contributed by atoms with Crippen molar-refractivity contribution in [3.63, 3.8) is 0 Å². The maximum absolute atomic E-state index is 10.2. The summed E-state index contributed by atoms with van der Waals surface area (Å²) in [5.41, 5.74) is 7.00. The van der Waals surface area contributed by atoms with Crippen LogP contribution in [-0.2, 0) is 31.5 Å². The highest BCUT2D eigenvalue weighted by molar-refractivity contribution is 5.37. The zero-order chi connectivity index (χ0) is 23.0. The van der Waals surface area contributed by atoms with E-state index in [4.69, 9.17) is 0 Å². The van der Waals surface area contributed by atoms with Gasteiger partial charge in [0.05, 0.1) is 19.3 Å². The molecule has 3 N–H and O–H groups in total. The second kappa shape index (κ2) is 11.8. The Kier molecular flexibility index (Phi) is 9.74. The van der Waals surface area contributed by atoms with E-state index < -0.39 is 0 Å². The van der Waals surface area contributed by atoms with Crippen LogP contribution in [0.25, 0.3) is 0 Å². The van der Waals surface area contributed by atoms with Gasteiger partial charge in [-0.25, -0.2) is 0 Å². The first kappa shape index (κ1) is 25.6. The molecule has 0 aliphatic carbocycles. The van der Waals surface area contributed by atoms with Gasteiger partial charge in [0.25, 0.3) is 0 Å². The van der Waals surface area contributed by atoms with Crippen LogP contribution in [0.2, 0.25) is 0 Å². The van der Waals surface area contributed by atoms with Crippen LogP contribution in [0.5, 0.6) is 0 Å². The van der Waals surface area contributed by atoms with Crippen LogP contribution >= 0.6 is 0 Å². The number of aryl methyl sites for hydroxylation is 3. The predicted molar refractivity (Wildman–Crippen MR) is 129 cm³/mol. The number of hydrogen-bond acceptors (Lipinski definition) is 3. The fourth-order valence-corrected chi connectivity index (χ4v) is 4.62. The van der Waals surface area contributed by atoms with Crippen molar-refractivity contribution in [2.75, 3.05) is 0 Å². The third-order valence-electron chi connectivity index (χ3n) is 7.29. The van der Waals surface area contributed by atoms with Crippen molar-refractivity contribution in [1.82, 2.24) is 0 Å². The van der Waals surface area contributed by atoms with Gasteiger partial charge in [-0.1, -0.05) is 64.1 Å². The Morgan fingerprint density at radius 1 is 0.839 bits per heavy atom. The maximum Gasteiger partial charge on any atom is 0.0685 e. The lowest BCUT2D eigenvalue weighted by molar-refractivity contribution is 0.116. The predicted octanol–water partition coefficient (Wildman–Crippen LogP) is 5.62. The summed E-state index contributed by atoms with van der Waals surface area (Å²) < 4.78 is 0. The molecule has 31 heavy (non-hydrogen) atoms. The van der Waals surface area contributed by atoms with Gasteiger partial charge in [0.15, 0.2) is 0 Å². The average Bonchev–Trinajstić information content (AvgIpc) is 2.78. The number of aliphatic hydroxyl groups is 3. The molecule has 3 heteroatoms. The highest BCUT2D eigenvalue weighted by atomic mass is 16.3. The largest absolute Gasteiger partial charge is 0.393 e. The van der Waals surface area contributed by atoms with E-state index >= 15 is 0 Å². The van der Waals surface area contributed by atoms with Crippen LogP contribution in [-0.4, -0.2) is 21.4 Å². The molecule has 3 nitrogen and oxygen atoms in total. The lowest BCUT2D eigenvalue weighted by Gasteiger charge is -2.33. The van der Waals surface area contributed by atoms with Crippen LogP contribution in [0.3, 0.4) is 0 Å². The second-order valence-electron chi connectivity index (χ2n) is 9.40. The van der Waals surface area contributed by atoms with Crippen molar-refractivity contribution < 1.29 is 15.3 Å². The lowest BCUT2D eigenvalue weighted by Crippen LogP contribution is -2.25. The Balaban J connectivity index is 2.19. The first-order valence-electron chi connectivity index (χ1n) is 11.9. The molecule has 0 spiro atoms. The van der Waals surface area contributed by atoms with E-state index in [0.717, 1.165) is 49.7 Å². The third kappa shape index (κ3) is 6.41. The number of hydrogen-bond donors (Lipinski definition) is 3. The van der Waals surface area contributed by atoms with Gasteiger partial charge < -0.3 is 15.3 Å². The smallest absolute Gasteiger partial charge is 0.0685 e. The fourth-order valence-electron chi connectivity index (χ4n) is 4.62. The number of aliphatic hydroxyl groups excluding tert-OH is 3. The van der Waals surface area contributed by atoms with Crippen molar-refractivity contribution in [3.05, 3.63) is 69.8 Å². The Bertz CT molecular complexity index is 821. The molecule has 0 radical (unpaired) electrons. The molecule has 1 atom stereocenters. The van der Waals surface area contributed by atoms with Gasteiger partial charge in [-0.15, -0.1) is 0 Å². The van der Waals surface area contributed by atoms with Crippen molar-refractivity contribution in [1.29, 1.82) is 0 Å². The summed E-state index contributed by atoms with van der Waals surface area (Å²) in [6.07, 6.45) is 5.63. The maximum atomic E-state index is 10.2. The quantitative estimate of drug-likeness (QED) is 0.413. The van der Waals surface area contributed by atoms with Gasteiger partial charge >= 0.3 is 0 Å². The first-order valence-corrected chi connectivity index (χ1v) is 11.9. The van der Waals surface area contributed by atoms with Crippen LogP contribution in [0.4, 0.5) is 0 Å². The molecule has 0 saturated carbocycles. The van der Waals surface area contributed by atoms with Crippen LogP contribution in [0.15, 0.2) is 36.4 Å². The molecule has 2 aromatic carbocycles. The van der Waals surface area contributed by atoms with Gasteiger partial charge in [0, 0.05) is 0 Å². The van der Waals surface area contributed by atoms with Crippen molar-refractivity contribution >= 4 is 0 Å². The Labute approximate surface area is 189 Å². The Morgan fingerprint density at radius 3 is 2.03 bits per heavy atom. The van der Waals surface area contributed by atoms with E-state index in [0.29, 0.717) is 5.92 Å². The highest BCUT2D eigenvalue weighted by Crippen LogP contribution is 2.37. The lowest BCUT2D eigenvalue weighted by atomic mass is 9.71. The van der Waals surface area contributed by atoms with E-state index in [1.807, 2.05) is 12.1 Å². The minimum atomic E-state index is -0.245. The van der Waals surface area contributed by atoms with Crippen molar-refractivity contribution in [3.8, 4) is 0 Å². The van der Waals surface area contributed by atoms with Crippen LogP contribution in [0.1, 0.15) is 86.8 Å². The molecule has 0 saturated heterocycles. The number of rotatable bonds is 12. The van der Waals surface area contributed by atoms with Crippen molar-refractivity contribution in [2.45, 2.75) is 97.9 Å². The Hall–Kier alpha value is -1.68. The van der Waals surface area contributed by atoms with E-state index in [1.165, 1.54) is 22.3 Å². The van der Waals surface area contributed by atoms with E-state index in [-0.39, 0.29) is 24.7 Å². The summed E-state index contributed by atoms with van der Waals surface area (Å²) in [6, 6.07) is 13.0. The monoisotopic (exact) mass is 426 g/mol. The van der Waals surface area contributed by atoms with Gasteiger partial charge in [-0.05, 0) is 90.2 Å². The van der Waals surface area contributed by atoms with E-state index in [2.05, 4.69) is 58.9 Å². The fraction of sp³-hybridized carbons (Fsp3) is 0.571. The molecule has 0 amide bonds. The summed E-state index contributed by atoms with van der Waals surface area (Å²) in [5.74, 6) is 0.296. The molecule has 2 aromatic rings. The summed E-state index contributed by atoms with van der Waals surface area (Å²) >= 11 is 0. The van der Waals surface area contributed by atoms with Crippen LogP contribution in [0, 0.1) is 12.8 Å². The summed E-state index contributed by atoms with van der Waals surface area (Å²) in [6.45, 7) is 10.8. The summed E-state index contributed by atoms with van der Waals surface area (Å²) in [4.78, 5) is 0. The van der Waals surface area contributed by atoms with Crippen molar-refractivity contribution in [2.24, 2.45) is 5.92 Å². The standard InChI is InChI=1S/C28H42O3/c1-6-28(7-2,15-14-22-8-9-24(18-29)25(17-22)19-30)26-12-10-23(21(5)16-26)11-13-27(31)20(3)4/h8-10,12,16-17,20,27,29-31H,6-7,11,13-15,18-19H2,1-5H3. The second-order valence-corrected chi connectivity index (χ2v) is 9.40. The highest BCUT2D eigenvalue weighted by Gasteiger charge is 2.28. The molecule has 2 rings (SSSR count). The molecule has 0 fully saturated rings. The topological polar surface area (TPSA) is 60.7 Å². The molecule has 0 aliphatic rings. The van der Waals surface area contributed by atoms with E-state index in [9.17, 15) is 15.3 Å². The normalized spacial score (nSPS) is 13.1. The molecular formula is C28H42O3. The van der Waals surface area contributed by atoms with Gasteiger partial charge in [-0.2, -0.15) is 0 Å². The Morgan fingerprint density at radius 2 is 1.48 bits per heavy atom. The molecule has 0 heterocycles. The third-order valence-corrected chi connectivity index (χ3v) is 7.29. The minimum absolute atomic E-state index is 0.0378. The van der Waals surface area contributed by atoms with Crippen LogP contribution < -0.4 is 0 Å². The van der Waals surface area contributed by atoms with Gasteiger partial charge in [0.1, 0.15) is 0 Å². The summed E-state index contributed by atoms with van der Waals surface area (Å²) in [7, 11) is 0. The molecular weight excluding hydrogens is 384 g/mol. The molecule has 0 bridgehead atoms. The molecule has 172 valence electrons. The average molecular weight is 427 g/mol. The molecule has 0 aromatic heterocycles. The van der Waals surface area contributed by atoms with Gasteiger partial charge in [0.2, 0.25) is 0 Å². The summed E-state index contributed by atoms with van der Waals surface area (Å²) in [5, 5.41) is 29.2. The first-order chi connectivity index (χ1) is 14.8.